The maximum Gasteiger partial charge on any atom is 0.305 e. The number of hydrogen-bond acceptors (Lipinski definition) is 5. The summed E-state index contributed by atoms with van der Waals surface area (Å²) >= 11 is 0. The normalized spacial score (nSPS) is 20.9. The number of nitrogens with zero attached hydrogens (tertiary/aromatic N) is 2. The van der Waals surface area contributed by atoms with Gasteiger partial charge >= 0.3 is 5.97 Å². The molecule has 7 nitrogen and oxygen atoms in total. The zero-order valence-corrected chi connectivity index (χ0v) is 11.8. The molecule has 2 rings (SSSR count). The van der Waals surface area contributed by atoms with E-state index in [1.807, 2.05) is 17.9 Å². The van der Waals surface area contributed by atoms with Crippen molar-refractivity contribution in [1.82, 2.24) is 4.90 Å². The summed E-state index contributed by atoms with van der Waals surface area (Å²) < 4.78 is 5.35. The molecule has 0 aromatic heterocycles. The number of carboxylic acid groups (broad SMARTS) is 1. The Morgan fingerprint density at radius 1 is 1.62 bits per heavy atom. The summed E-state index contributed by atoms with van der Waals surface area (Å²) in [6, 6.07) is 6.15. The van der Waals surface area contributed by atoms with Gasteiger partial charge in [-0.15, -0.1) is 0 Å². The predicted molar refractivity (Wildman–Crippen MR) is 75.1 cm³/mol. The number of carbonyl (C=O) groups is 1. The number of nitro groups is 1. The van der Waals surface area contributed by atoms with Gasteiger partial charge in [0.25, 0.3) is 5.69 Å². The van der Waals surface area contributed by atoms with Gasteiger partial charge < -0.3 is 9.84 Å². The van der Waals surface area contributed by atoms with Gasteiger partial charge in [0, 0.05) is 30.8 Å². The second-order valence-electron chi connectivity index (χ2n) is 5.09. The van der Waals surface area contributed by atoms with E-state index in [1.54, 1.807) is 6.07 Å². The molecule has 0 saturated carbocycles. The van der Waals surface area contributed by atoms with Gasteiger partial charge in [-0.25, -0.2) is 0 Å². The Morgan fingerprint density at radius 3 is 3.05 bits per heavy atom. The first-order valence-corrected chi connectivity index (χ1v) is 6.78. The van der Waals surface area contributed by atoms with Crippen molar-refractivity contribution < 1.29 is 19.6 Å². The smallest absolute Gasteiger partial charge is 0.305 e. The lowest BCUT2D eigenvalue weighted by atomic mass is 10.0. The molecule has 1 saturated heterocycles. The van der Waals surface area contributed by atoms with E-state index >= 15 is 0 Å². The lowest BCUT2D eigenvalue weighted by Gasteiger charge is -2.39. The van der Waals surface area contributed by atoms with Gasteiger partial charge in [0.1, 0.15) is 0 Å². The Balaban J connectivity index is 2.19. The van der Waals surface area contributed by atoms with E-state index in [4.69, 9.17) is 9.84 Å². The van der Waals surface area contributed by atoms with Crippen molar-refractivity contribution in [2.75, 3.05) is 19.8 Å². The minimum atomic E-state index is -0.873. The molecule has 1 aliphatic heterocycles. The van der Waals surface area contributed by atoms with Crippen molar-refractivity contribution in [2.24, 2.45) is 0 Å². The van der Waals surface area contributed by atoms with Crippen molar-refractivity contribution >= 4 is 11.7 Å². The molecule has 0 spiro atoms. The number of non-ortho nitro benzene ring substituents is 1. The van der Waals surface area contributed by atoms with Crippen LogP contribution in [0.4, 0.5) is 5.69 Å². The minimum absolute atomic E-state index is 0.000727. The number of benzene rings is 1. The summed E-state index contributed by atoms with van der Waals surface area (Å²) in [4.78, 5) is 23.4. The van der Waals surface area contributed by atoms with E-state index in [0.29, 0.717) is 19.8 Å². The van der Waals surface area contributed by atoms with Crippen molar-refractivity contribution in [2.45, 2.75) is 25.4 Å². The van der Waals surface area contributed by atoms with Crippen LogP contribution in [-0.4, -0.2) is 46.7 Å². The first-order chi connectivity index (χ1) is 9.99. The molecule has 1 aromatic rings. The minimum Gasteiger partial charge on any atom is -0.481 e. The Kier molecular flexibility index (Phi) is 4.87. The molecule has 0 aliphatic carbocycles. The van der Waals surface area contributed by atoms with Crippen LogP contribution in [0.1, 0.15) is 24.9 Å². The van der Waals surface area contributed by atoms with Gasteiger partial charge in [0.05, 0.1) is 24.6 Å². The molecule has 2 atom stereocenters. The maximum atomic E-state index is 10.9. The van der Waals surface area contributed by atoms with Crippen LogP contribution >= 0.6 is 0 Å². The number of hydrogen-bond donors (Lipinski definition) is 1. The second kappa shape index (κ2) is 6.64. The molecule has 2 unspecified atom stereocenters. The molecule has 7 heteroatoms. The van der Waals surface area contributed by atoms with Gasteiger partial charge in [0.15, 0.2) is 0 Å². The molecule has 1 aromatic carbocycles. The standard InChI is InChI=1S/C14H18N2O5/c1-10(11-3-2-4-12(7-11)16(19)20)15-5-6-21-9-13(15)8-14(17)18/h2-4,7,10,13H,5-6,8-9H2,1H3,(H,17,18). The van der Waals surface area contributed by atoms with Crippen LogP contribution in [0.25, 0.3) is 0 Å². The lowest BCUT2D eigenvalue weighted by molar-refractivity contribution is -0.385. The summed E-state index contributed by atoms with van der Waals surface area (Å²) in [5.74, 6) is -0.873. The molecular formula is C14H18N2O5. The Morgan fingerprint density at radius 2 is 2.38 bits per heavy atom. The molecule has 0 amide bonds. The average Bonchev–Trinajstić information content (AvgIpc) is 2.46. The number of carboxylic acids is 1. The first kappa shape index (κ1) is 15.4. The van der Waals surface area contributed by atoms with Gasteiger partial charge in [-0.1, -0.05) is 12.1 Å². The zero-order valence-electron chi connectivity index (χ0n) is 11.8. The zero-order chi connectivity index (χ0) is 15.4. The molecule has 21 heavy (non-hydrogen) atoms. The van der Waals surface area contributed by atoms with Crippen LogP contribution in [-0.2, 0) is 9.53 Å². The fourth-order valence-corrected chi connectivity index (χ4v) is 2.64. The quantitative estimate of drug-likeness (QED) is 0.658. The number of morpholine rings is 1. The van der Waals surface area contributed by atoms with Crippen LogP contribution < -0.4 is 0 Å². The van der Waals surface area contributed by atoms with Crippen LogP contribution in [0.5, 0.6) is 0 Å². The fraction of sp³-hybridized carbons (Fsp3) is 0.500. The highest BCUT2D eigenvalue weighted by atomic mass is 16.6. The SMILES string of the molecule is CC(c1cccc([N+](=O)[O-])c1)N1CCOCC1CC(=O)O. The summed E-state index contributed by atoms with van der Waals surface area (Å²) in [5, 5.41) is 19.8. The number of aliphatic carboxylic acids is 1. The maximum absolute atomic E-state index is 10.9. The molecule has 114 valence electrons. The van der Waals surface area contributed by atoms with Crippen LogP contribution in [0.15, 0.2) is 24.3 Å². The highest BCUT2D eigenvalue weighted by Crippen LogP contribution is 2.27. The first-order valence-electron chi connectivity index (χ1n) is 6.78. The lowest BCUT2D eigenvalue weighted by Crippen LogP contribution is -2.47. The monoisotopic (exact) mass is 294 g/mol. The molecule has 0 bridgehead atoms. The number of ether oxygens (including phenoxy) is 1. The molecule has 1 aliphatic rings. The summed E-state index contributed by atoms with van der Waals surface area (Å²) in [6.45, 7) is 3.45. The summed E-state index contributed by atoms with van der Waals surface area (Å²) in [6.07, 6.45) is -0.000727. The van der Waals surface area contributed by atoms with E-state index in [9.17, 15) is 14.9 Å². The van der Waals surface area contributed by atoms with Crippen molar-refractivity contribution in [1.29, 1.82) is 0 Å². The molecule has 1 fully saturated rings. The third-order valence-electron chi connectivity index (χ3n) is 3.74. The van der Waals surface area contributed by atoms with Gasteiger partial charge in [-0.3, -0.25) is 19.8 Å². The van der Waals surface area contributed by atoms with E-state index in [2.05, 4.69) is 0 Å². The van der Waals surface area contributed by atoms with Crippen LogP contribution in [0.2, 0.25) is 0 Å². The van der Waals surface area contributed by atoms with E-state index in [-0.39, 0.29) is 24.2 Å². The molecule has 1 heterocycles. The van der Waals surface area contributed by atoms with Crippen molar-refractivity contribution in [3.63, 3.8) is 0 Å². The predicted octanol–water partition coefficient (Wildman–Crippen LogP) is 1.83. The number of rotatable bonds is 5. The highest BCUT2D eigenvalue weighted by molar-refractivity contribution is 5.67. The van der Waals surface area contributed by atoms with E-state index in [1.165, 1.54) is 12.1 Å². The van der Waals surface area contributed by atoms with Crippen molar-refractivity contribution in [3.05, 3.63) is 39.9 Å². The van der Waals surface area contributed by atoms with E-state index in [0.717, 1.165) is 5.56 Å². The van der Waals surface area contributed by atoms with Crippen molar-refractivity contribution in [3.8, 4) is 0 Å². The topological polar surface area (TPSA) is 92.9 Å². The Hall–Kier alpha value is -1.99. The summed E-state index contributed by atoms with van der Waals surface area (Å²) in [5.41, 5.74) is 0.851. The highest BCUT2D eigenvalue weighted by Gasteiger charge is 2.30. The molecule has 0 radical (unpaired) electrons. The third kappa shape index (κ3) is 3.77. The summed E-state index contributed by atoms with van der Waals surface area (Å²) in [7, 11) is 0. The van der Waals surface area contributed by atoms with Gasteiger partial charge in [-0.05, 0) is 12.5 Å². The van der Waals surface area contributed by atoms with Crippen LogP contribution in [0.3, 0.4) is 0 Å². The average molecular weight is 294 g/mol. The van der Waals surface area contributed by atoms with Crippen LogP contribution in [0, 0.1) is 10.1 Å². The second-order valence-corrected chi connectivity index (χ2v) is 5.09. The third-order valence-corrected chi connectivity index (χ3v) is 3.74. The van der Waals surface area contributed by atoms with E-state index < -0.39 is 10.9 Å². The molecular weight excluding hydrogens is 276 g/mol. The fourth-order valence-electron chi connectivity index (χ4n) is 2.64. The Bertz CT molecular complexity index is 534. The largest absolute Gasteiger partial charge is 0.481 e. The van der Waals surface area contributed by atoms with Gasteiger partial charge in [0.2, 0.25) is 0 Å². The number of nitro benzene ring substituents is 1. The van der Waals surface area contributed by atoms with Gasteiger partial charge in [-0.2, -0.15) is 0 Å². The molecule has 1 N–H and O–H groups in total. The Labute approximate surface area is 122 Å².